The van der Waals surface area contributed by atoms with Gasteiger partial charge < -0.3 is 4.74 Å². The van der Waals surface area contributed by atoms with Gasteiger partial charge in [0.15, 0.2) is 5.75 Å². The Morgan fingerprint density at radius 3 is 2.83 bits per heavy atom. The minimum Gasteiger partial charge on any atom is -0.490 e. The summed E-state index contributed by atoms with van der Waals surface area (Å²) < 4.78 is 18.6. The summed E-state index contributed by atoms with van der Waals surface area (Å²) in [5.41, 5.74) is 2.96. The topological polar surface area (TPSA) is 55.6 Å². The number of methoxy groups -OCH3 is 1. The Labute approximate surface area is 139 Å². The minimum atomic E-state index is -0.438. The van der Waals surface area contributed by atoms with E-state index in [1.165, 1.54) is 18.7 Å². The molecule has 0 amide bonds. The first-order valence-corrected chi connectivity index (χ1v) is 7.83. The molecular weight excluding hydrogens is 311 g/mol. The van der Waals surface area contributed by atoms with E-state index in [-0.39, 0.29) is 23.3 Å². The van der Waals surface area contributed by atoms with Gasteiger partial charge in [-0.15, -0.1) is 0 Å². The molecule has 1 aliphatic rings. The van der Waals surface area contributed by atoms with Crippen molar-refractivity contribution < 1.29 is 14.1 Å². The molecule has 24 heavy (non-hydrogen) atoms. The van der Waals surface area contributed by atoms with Crippen molar-refractivity contribution in [3.63, 3.8) is 0 Å². The van der Waals surface area contributed by atoms with Gasteiger partial charge in [-0.05, 0) is 48.2 Å². The maximum atomic E-state index is 13.5. The Hall–Kier alpha value is -2.47. The third-order valence-electron chi connectivity index (χ3n) is 4.60. The predicted molar refractivity (Wildman–Crippen MR) is 88.6 cm³/mol. The van der Waals surface area contributed by atoms with Crippen LogP contribution in [0.15, 0.2) is 36.4 Å². The molecule has 6 heteroatoms. The van der Waals surface area contributed by atoms with Gasteiger partial charge in [-0.3, -0.25) is 15.0 Å². The molecule has 3 rings (SSSR count). The number of hydrogen-bond donors (Lipinski definition) is 0. The SMILES string of the molecule is COc1ccc(CN2CCc3ccc(F)cc3C2C)cc1[N+](=O)[O-]. The highest BCUT2D eigenvalue weighted by Crippen LogP contribution is 2.33. The summed E-state index contributed by atoms with van der Waals surface area (Å²) in [6.45, 7) is 3.44. The summed E-state index contributed by atoms with van der Waals surface area (Å²) in [4.78, 5) is 12.9. The number of halogens is 1. The molecule has 126 valence electrons. The Morgan fingerprint density at radius 2 is 2.12 bits per heavy atom. The fourth-order valence-electron chi connectivity index (χ4n) is 3.26. The van der Waals surface area contributed by atoms with Gasteiger partial charge in [-0.25, -0.2) is 4.39 Å². The summed E-state index contributed by atoms with van der Waals surface area (Å²) in [6.07, 6.45) is 0.845. The number of ether oxygens (including phenoxy) is 1. The van der Waals surface area contributed by atoms with E-state index in [4.69, 9.17) is 4.74 Å². The lowest BCUT2D eigenvalue weighted by Gasteiger charge is -2.35. The number of fused-ring (bicyclic) bond motifs is 1. The molecule has 0 saturated carbocycles. The fraction of sp³-hybridized carbons (Fsp3) is 0.333. The molecule has 5 nitrogen and oxygen atoms in total. The van der Waals surface area contributed by atoms with Crippen LogP contribution in [0.1, 0.15) is 29.7 Å². The van der Waals surface area contributed by atoms with E-state index in [1.807, 2.05) is 19.1 Å². The van der Waals surface area contributed by atoms with Crippen LogP contribution in [0.3, 0.4) is 0 Å². The molecule has 1 unspecified atom stereocenters. The van der Waals surface area contributed by atoms with Crippen LogP contribution in [0, 0.1) is 15.9 Å². The number of hydrogen-bond acceptors (Lipinski definition) is 4. The average molecular weight is 330 g/mol. The molecule has 0 bridgehead atoms. The zero-order chi connectivity index (χ0) is 17.3. The fourth-order valence-corrected chi connectivity index (χ4v) is 3.26. The normalized spacial score (nSPS) is 17.4. The third-order valence-corrected chi connectivity index (χ3v) is 4.60. The summed E-state index contributed by atoms with van der Waals surface area (Å²) >= 11 is 0. The smallest absolute Gasteiger partial charge is 0.311 e. The van der Waals surface area contributed by atoms with Gasteiger partial charge in [-0.2, -0.15) is 0 Å². The maximum absolute atomic E-state index is 13.5. The molecule has 0 aliphatic carbocycles. The molecule has 0 aromatic heterocycles. The van der Waals surface area contributed by atoms with E-state index in [1.54, 1.807) is 18.2 Å². The highest BCUT2D eigenvalue weighted by Gasteiger charge is 2.25. The van der Waals surface area contributed by atoms with E-state index in [2.05, 4.69) is 4.90 Å². The van der Waals surface area contributed by atoms with Gasteiger partial charge >= 0.3 is 5.69 Å². The van der Waals surface area contributed by atoms with Crippen LogP contribution in [-0.2, 0) is 13.0 Å². The number of rotatable bonds is 4. The molecule has 1 heterocycles. The third kappa shape index (κ3) is 3.10. The number of nitrogens with zero attached hydrogens (tertiary/aromatic N) is 2. The van der Waals surface area contributed by atoms with E-state index < -0.39 is 4.92 Å². The summed E-state index contributed by atoms with van der Waals surface area (Å²) in [7, 11) is 1.42. The first-order chi connectivity index (χ1) is 11.5. The predicted octanol–water partition coefficient (Wildman–Crippen LogP) is 3.86. The summed E-state index contributed by atoms with van der Waals surface area (Å²) in [5, 5.41) is 11.2. The Morgan fingerprint density at radius 1 is 1.33 bits per heavy atom. The van der Waals surface area contributed by atoms with Crippen molar-refractivity contribution in [1.29, 1.82) is 0 Å². The number of nitro groups is 1. The van der Waals surface area contributed by atoms with E-state index >= 15 is 0 Å². The second-order valence-electron chi connectivity index (χ2n) is 6.00. The molecule has 0 fully saturated rings. The van der Waals surface area contributed by atoms with Gasteiger partial charge in [0.1, 0.15) is 5.82 Å². The van der Waals surface area contributed by atoms with Crippen molar-refractivity contribution in [3.05, 3.63) is 69.0 Å². The standard InChI is InChI=1S/C18H19FN2O3/c1-12-16-10-15(19)5-4-14(16)7-8-20(12)11-13-3-6-18(24-2)17(9-13)21(22)23/h3-6,9-10,12H,7-8,11H2,1-2H3. The monoisotopic (exact) mass is 330 g/mol. The van der Waals surface area contributed by atoms with Crippen LogP contribution in [0.4, 0.5) is 10.1 Å². The van der Waals surface area contributed by atoms with Crippen molar-refractivity contribution in [2.24, 2.45) is 0 Å². The molecule has 2 aromatic carbocycles. The molecule has 0 saturated heterocycles. The van der Waals surface area contributed by atoms with Gasteiger partial charge in [-0.1, -0.05) is 12.1 Å². The van der Waals surface area contributed by atoms with E-state index in [9.17, 15) is 14.5 Å². The second-order valence-corrected chi connectivity index (χ2v) is 6.00. The van der Waals surface area contributed by atoms with Crippen molar-refractivity contribution in [3.8, 4) is 5.75 Å². The molecule has 0 N–H and O–H groups in total. The highest BCUT2D eigenvalue weighted by atomic mass is 19.1. The van der Waals surface area contributed by atoms with Crippen LogP contribution >= 0.6 is 0 Å². The number of benzene rings is 2. The van der Waals surface area contributed by atoms with E-state index in [0.717, 1.165) is 24.1 Å². The lowest BCUT2D eigenvalue weighted by atomic mass is 9.93. The Bertz CT molecular complexity index is 779. The van der Waals surface area contributed by atoms with Gasteiger partial charge in [0, 0.05) is 25.2 Å². The molecule has 0 radical (unpaired) electrons. The van der Waals surface area contributed by atoms with Crippen LogP contribution in [0.5, 0.6) is 5.75 Å². The molecule has 1 aliphatic heterocycles. The average Bonchev–Trinajstić information content (AvgIpc) is 2.57. The van der Waals surface area contributed by atoms with Gasteiger partial charge in [0.25, 0.3) is 0 Å². The molecule has 2 aromatic rings. The van der Waals surface area contributed by atoms with Crippen molar-refractivity contribution >= 4 is 5.69 Å². The Kier molecular flexibility index (Phi) is 4.49. The Balaban J connectivity index is 1.84. The van der Waals surface area contributed by atoms with Crippen molar-refractivity contribution in [2.75, 3.05) is 13.7 Å². The first-order valence-electron chi connectivity index (χ1n) is 7.83. The van der Waals surface area contributed by atoms with Gasteiger partial charge in [0.05, 0.1) is 12.0 Å². The second kappa shape index (κ2) is 6.57. The zero-order valence-electron chi connectivity index (χ0n) is 13.7. The molecular formula is C18H19FN2O3. The summed E-state index contributed by atoms with van der Waals surface area (Å²) in [6, 6.07) is 9.99. The molecule has 1 atom stereocenters. The first kappa shape index (κ1) is 16.4. The van der Waals surface area contributed by atoms with E-state index in [0.29, 0.717) is 6.54 Å². The van der Waals surface area contributed by atoms with Crippen LogP contribution < -0.4 is 4.74 Å². The highest BCUT2D eigenvalue weighted by molar-refractivity contribution is 5.48. The lowest BCUT2D eigenvalue weighted by Crippen LogP contribution is -2.33. The van der Waals surface area contributed by atoms with Crippen molar-refractivity contribution in [2.45, 2.75) is 25.9 Å². The minimum absolute atomic E-state index is 0.0360. The van der Waals surface area contributed by atoms with Crippen LogP contribution in [0.25, 0.3) is 0 Å². The zero-order valence-corrected chi connectivity index (χ0v) is 13.7. The van der Waals surface area contributed by atoms with Gasteiger partial charge in [0.2, 0.25) is 0 Å². The lowest BCUT2D eigenvalue weighted by molar-refractivity contribution is -0.385. The maximum Gasteiger partial charge on any atom is 0.311 e. The summed E-state index contributed by atoms with van der Waals surface area (Å²) in [5.74, 6) is 0.0189. The van der Waals surface area contributed by atoms with Crippen molar-refractivity contribution in [1.82, 2.24) is 4.90 Å². The van der Waals surface area contributed by atoms with Crippen LogP contribution in [0.2, 0.25) is 0 Å². The molecule has 0 spiro atoms. The van der Waals surface area contributed by atoms with Crippen LogP contribution in [-0.4, -0.2) is 23.5 Å². The number of nitro benzene ring substituents is 1. The largest absolute Gasteiger partial charge is 0.490 e. The quantitative estimate of drug-likeness (QED) is 0.631.